The van der Waals surface area contributed by atoms with E-state index in [1.165, 1.54) is 17.7 Å². The summed E-state index contributed by atoms with van der Waals surface area (Å²) < 4.78 is 5.32. The average molecular weight is 446 g/mol. The number of thiazole rings is 1. The van der Waals surface area contributed by atoms with E-state index in [0.717, 1.165) is 21.8 Å². The minimum Gasteiger partial charge on any atom is -0.477 e. The number of carbonyl (C=O) groups excluding carboxylic acids is 1. The van der Waals surface area contributed by atoms with E-state index in [2.05, 4.69) is 24.4 Å². The first-order chi connectivity index (χ1) is 15.5. The third-order valence-electron chi connectivity index (χ3n) is 4.76. The molecule has 0 spiro atoms. The number of hydrogen-bond donors (Lipinski definition) is 1. The molecule has 3 aromatic carbocycles. The molecule has 0 aliphatic rings. The smallest absolute Gasteiger partial charge is 0.310 e. The van der Waals surface area contributed by atoms with Crippen LogP contribution in [-0.4, -0.2) is 22.4 Å². The highest BCUT2D eigenvalue weighted by Crippen LogP contribution is 2.31. The summed E-state index contributed by atoms with van der Waals surface area (Å²) in [6.07, 6.45) is 0. The molecule has 1 amide bonds. The molecule has 4 rings (SSSR count). The van der Waals surface area contributed by atoms with Gasteiger partial charge < -0.3 is 10.1 Å². The monoisotopic (exact) mass is 445 g/mol. The Labute approximate surface area is 188 Å². The van der Waals surface area contributed by atoms with Gasteiger partial charge in [0.25, 0.3) is 5.91 Å². The molecule has 0 saturated heterocycles. The number of para-hydroxylation sites is 2. The van der Waals surface area contributed by atoms with Crippen LogP contribution in [0, 0.1) is 17.0 Å². The summed E-state index contributed by atoms with van der Waals surface area (Å²) in [6.45, 7) is 1.73. The van der Waals surface area contributed by atoms with Crippen LogP contribution >= 0.6 is 11.3 Å². The first-order valence-electron chi connectivity index (χ1n) is 9.79. The van der Waals surface area contributed by atoms with Gasteiger partial charge in [0.05, 0.1) is 10.6 Å². The molecule has 0 aliphatic heterocycles. The number of nitro groups is 1. The van der Waals surface area contributed by atoms with E-state index in [1.807, 2.05) is 29.6 Å². The Hall–Kier alpha value is -4.04. The van der Waals surface area contributed by atoms with Gasteiger partial charge >= 0.3 is 5.69 Å². The number of nitrogens with one attached hydrogen (secondary N) is 1. The van der Waals surface area contributed by atoms with Crippen LogP contribution in [0.5, 0.6) is 5.75 Å². The summed E-state index contributed by atoms with van der Waals surface area (Å²) >= 11 is 1.59. The van der Waals surface area contributed by atoms with Gasteiger partial charge in [0.15, 0.2) is 12.4 Å². The van der Waals surface area contributed by atoms with E-state index in [9.17, 15) is 14.9 Å². The van der Waals surface area contributed by atoms with Crippen molar-refractivity contribution in [2.75, 3.05) is 11.9 Å². The lowest BCUT2D eigenvalue weighted by Crippen LogP contribution is -2.20. The highest BCUT2D eigenvalue weighted by Gasteiger charge is 2.15. The summed E-state index contributed by atoms with van der Waals surface area (Å²) in [6, 6.07) is 21.4. The summed E-state index contributed by atoms with van der Waals surface area (Å²) in [5, 5.41) is 16.7. The molecule has 0 unspecified atom stereocenters. The Kier molecular flexibility index (Phi) is 6.23. The third kappa shape index (κ3) is 4.81. The number of aryl methyl sites for hydroxylation is 1. The van der Waals surface area contributed by atoms with Crippen molar-refractivity contribution in [1.29, 1.82) is 0 Å². The molecular weight excluding hydrogens is 426 g/mol. The summed E-state index contributed by atoms with van der Waals surface area (Å²) in [7, 11) is 0. The standard InChI is InChI=1S/C24H19N3O4S/c1-16-6-2-3-7-19(16)24-26-20(15-32-24)17-10-12-18(13-11-17)25-23(28)14-31-22-9-5-4-8-21(22)27(29)30/h2-13,15H,14H2,1H3,(H,25,28). The Morgan fingerprint density at radius 1 is 1.06 bits per heavy atom. The quantitative estimate of drug-likeness (QED) is 0.290. The van der Waals surface area contributed by atoms with Crippen LogP contribution in [0.3, 0.4) is 0 Å². The van der Waals surface area contributed by atoms with Crippen molar-refractivity contribution >= 4 is 28.6 Å². The van der Waals surface area contributed by atoms with Gasteiger partial charge in [0.1, 0.15) is 5.01 Å². The van der Waals surface area contributed by atoms with Crippen LogP contribution in [-0.2, 0) is 4.79 Å². The van der Waals surface area contributed by atoms with Gasteiger partial charge in [0.2, 0.25) is 0 Å². The van der Waals surface area contributed by atoms with Crippen molar-refractivity contribution in [1.82, 2.24) is 4.98 Å². The van der Waals surface area contributed by atoms with Gasteiger partial charge in [-0.2, -0.15) is 0 Å². The maximum absolute atomic E-state index is 12.2. The molecule has 0 aliphatic carbocycles. The van der Waals surface area contributed by atoms with Crippen LogP contribution in [0.15, 0.2) is 78.2 Å². The Balaban J connectivity index is 1.39. The van der Waals surface area contributed by atoms with Crippen molar-refractivity contribution in [2.45, 2.75) is 6.92 Å². The molecule has 7 nitrogen and oxygen atoms in total. The number of anilines is 1. The zero-order valence-electron chi connectivity index (χ0n) is 17.1. The van der Waals surface area contributed by atoms with Crippen molar-refractivity contribution in [3.8, 4) is 27.6 Å². The van der Waals surface area contributed by atoms with Gasteiger partial charge in [-0.25, -0.2) is 4.98 Å². The molecular formula is C24H19N3O4S. The molecule has 32 heavy (non-hydrogen) atoms. The van der Waals surface area contributed by atoms with Gasteiger partial charge in [-0.3, -0.25) is 14.9 Å². The number of rotatable bonds is 7. The molecule has 1 aromatic heterocycles. The Bertz CT molecular complexity index is 1270. The number of nitro benzene ring substituents is 1. The molecule has 8 heteroatoms. The van der Waals surface area contributed by atoms with E-state index in [-0.39, 0.29) is 18.0 Å². The molecule has 0 saturated carbocycles. The fraction of sp³-hybridized carbons (Fsp3) is 0.0833. The lowest BCUT2D eigenvalue weighted by Gasteiger charge is -2.08. The molecule has 1 heterocycles. The predicted octanol–water partition coefficient (Wildman–Crippen LogP) is 5.71. The average Bonchev–Trinajstić information content (AvgIpc) is 3.28. The number of ether oxygens (including phenoxy) is 1. The van der Waals surface area contributed by atoms with Crippen LogP contribution in [0.25, 0.3) is 21.8 Å². The van der Waals surface area contributed by atoms with Gasteiger partial charge in [-0.15, -0.1) is 11.3 Å². The second-order valence-corrected chi connectivity index (χ2v) is 7.85. The van der Waals surface area contributed by atoms with Crippen LogP contribution < -0.4 is 10.1 Å². The number of nitrogens with zero attached hydrogens (tertiary/aromatic N) is 2. The van der Waals surface area contributed by atoms with E-state index in [0.29, 0.717) is 5.69 Å². The lowest BCUT2D eigenvalue weighted by atomic mass is 10.1. The predicted molar refractivity (Wildman–Crippen MR) is 125 cm³/mol. The number of amides is 1. The van der Waals surface area contributed by atoms with Crippen LogP contribution in [0.4, 0.5) is 11.4 Å². The zero-order chi connectivity index (χ0) is 22.5. The van der Waals surface area contributed by atoms with Crippen LogP contribution in [0.2, 0.25) is 0 Å². The molecule has 4 aromatic rings. The normalized spacial score (nSPS) is 10.5. The first-order valence-corrected chi connectivity index (χ1v) is 10.7. The second kappa shape index (κ2) is 9.40. The van der Waals surface area contributed by atoms with E-state index >= 15 is 0 Å². The molecule has 0 radical (unpaired) electrons. The number of carbonyl (C=O) groups is 1. The van der Waals surface area contributed by atoms with E-state index in [1.54, 1.807) is 35.6 Å². The largest absolute Gasteiger partial charge is 0.477 e. The molecule has 0 fully saturated rings. The highest BCUT2D eigenvalue weighted by molar-refractivity contribution is 7.13. The first kappa shape index (κ1) is 21.2. The fourth-order valence-electron chi connectivity index (χ4n) is 3.14. The number of aromatic nitrogens is 1. The van der Waals surface area contributed by atoms with Crippen molar-refractivity contribution in [3.05, 3.63) is 93.9 Å². The number of hydrogen-bond acceptors (Lipinski definition) is 6. The topological polar surface area (TPSA) is 94.4 Å². The molecule has 0 atom stereocenters. The minimum absolute atomic E-state index is 0.0518. The van der Waals surface area contributed by atoms with Crippen molar-refractivity contribution in [3.63, 3.8) is 0 Å². The van der Waals surface area contributed by atoms with Crippen molar-refractivity contribution < 1.29 is 14.5 Å². The van der Waals surface area contributed by atoms with Gasteiger partial charge in [-0.05, 0) is 30.7 Å². The molecule has 1 N–H and O–H groups in total. The highest BCUT2D eigenvalue weighted by atomic mass is 32.1. The Morgan fingerprint density at radius 3 is 2.53 bits per heavy atom. The molecule has 0 bridgehead atoms. The van der Waals surface area contributed by atoms with Gasteiger partial charge in [0, 0.05) is 28.3 Å². The second-order valence-electron chi connectivity index (χ2n) is 6.99. The fourth-order valence-corrected chi connectivity index (χ4v) is 4.06. The maximum Gasteiger partial charge on any atom is 0.310 e. The summed E-state index contributed by atoms with van der Waals surface area (Å²) in [5.74, 6) is -0.359. The SMILES string of the molecule is Cc1ccccc1-c1nc(-c2ccc(NC(=O)COc3ccccc3[N+](=O)[O-])cc2)cs1. The van der Waals surface area contributed by atoms with Crippen molar-refractivity contribution in [2.24, 2.45) is 0 Å². The Morgan fingerprint density at radius 2 is 1.78 bits per heavy atom. The van der Waals surface area contributed by atoms with Crippen LogP contribution in [0.1, 0.15) is 5.56 Å². The molecule has 160 valence electrons. The van der Waals surface area contributed by atoms with Gasteiger partial charge in [-0.1, -0.05) is 48.5 Å². The van der Waals surface area contributed by atoms with E-state index < -0.39 is 10.8 Å². The zero-order valence-corrected chi connectivity index (χ0v) is 18.0. The minimum atomic E-state index is -0.547. The number of benzene rings is 3. The third-order valence-corrected chi connectivity index (χ3v) is 5.64. The summed E-state index contributed by atoms with van der Waals surface area (Å²) in [5.41, 5.74) is 4.51. The lowest BCUT2D eigenvalue weighted by molar-refractivity contribution is -0.385. The summed E-state index contributed by atoms with van der Waals surface area (Å²) in [4.78, 5) is 27.4. The van der Waals surface area contributed by atoms with E-state index in [4.69, 9.17) is 9.72 Å². The maximum atomic E-state index is 12.2.